The number of rotatable bonds is 5. The van der Waals surface area contributed by atoms with Gasteiger partial charge in [-0.3, -0.25) is 4.79 Å². The lowest BCUT2D eigenvalue weighted by molar-refractivity contribution is -0.120. The summed E-state index contributed by atoms with van der Waals surface area (Å²) in [5, 5.41) is 3.82. The van der Waals surface area contributed by atoms with E-state index in [-0.39, 0.29) is 17.8 Å². The maximum atomic E-state index is 12.7. The highest BCUT2D eigenvalue weighted by Gasteiger charge is 2.28. The molecule has 1 aromatic rings. The molecule has 2 aliphatic carbocycles. The molecule has 1 saturated carbocycles. The molecule has 0 spiro atoms. The quantitative estimate of drug-likeness (QED) is 0.585. The average molecular weight is 364 g/mol. The van der Waals surface area contributed by atoms with E-state index in [0.29, 0.717) is 12.2 Å². The first-order chi connectivity index (χ1) is 12.2. The minimum atomic E-state index is -0.264. The Labute approximate surface area is 154 Å². The summed E-state index contributed by atoms with van der Waals surface area (Å²) in [4.78, 5) is 26.6. The van der Waals surface area contributed by atoms with Crippen molar-refractivity contribution in [3.8, 4) is 0 Å². The maximum absolute atomic E-state index is 12.7. The fourth-order valence-electron chi connectivity index (χ4n) is 3.89. The van der Waals surface area contributed by atoms with Gasteiger partial charge < -0.3 is 10.1 Å². The van der Waals surface area contributed by atoms with E-state index in [1.165, 1.54) is 17.7 Å². The molecule has 0 aliphatic heterocycles. The van der Waals surface area contributed by atoms with Crippen LogP contribution >= 0.6 is 11.3 Å². The highest BCUT2D eigenvalue weighted by molar-refractivity contribution is 7.17. The number of nitrogens with one attached hydrogen (secondary N) is 1. The molecule has 0 atom stereocenters. The Morgan fingerprint density at radius 1 is 1.08 bits per heavy atom. The number of anilines is 1. The molecule has 1 fully saturated rings. The third-order valence-electron chi connectivity index (χ3n) is 5.28. The molecule has 1 heterocycles. The normalized spacial score (nSPS) is 18.3. The molecule has 25 heavy (non-hydrogen) atoms. The molecule has 0 saturated heterocycles. The summed E-state index contributed by atoms with van der Waals surface area (Å²) in [6.45, 7) is 2.42. The van der Waals surface area contributed by atoms with Crippen molar-refractivity contribution in [1.82, 2.24) is 0 Å². The van der Waals surface area contributed by atoms with Crippen LogP contribution in [0, 0.1) is 5.92 Å². The summed E-state index contributed by atoms with van der Waals surface area (Å²) < 4.78 is 5.43. The van der Waals surface area contributed by atoms with Crippen molar-refractivity contribution in [3.63, 3.8) is 0 Å². The van der Waals surface area contributed by atoms with E-state index >= 15 is 0 Å². The zero-order valence-electron chi connectivity index (χ0n) is 15.2. The fraction of sp³-hybridized carbons (Fsp3) is 0.700. The van der Waals surface area contributed by atoms with Crippen LogP contribution in [0.15, 0.2) is 0 Å². The fourth-order valence-corrected chi connectivity index (χ4v) is 5.17. The minimum Gasteiger partial charge on any atom is -0.462 e. The van der Waals surface area contributed by atoms with Crippen molar-refractivity contribution in [3.05, 3.63) is 16.0 Å². The zero-order chi connectivity index (χ0) is 17.6. The van der Waals surface area contributed by atoms with Gasteiger partial charge in [0.2, 0.25) is 5.91 Å². The molecule has 0 radical (unpaired) electrons. The molecule has 1 aromatic heterocycles. The summed E-state index contributed by atoms with van der Waals surface area (Å²) in [6, 6.07) is 0. The predicted octanol–water partition coefficient (Wildman–Crippen LogP) is 5.10. The van der Waals surface area contributed by atoms with Crippen LogP contribution in [-0.4, -0.2) is 18.5 Å². The van der Waals surface area contributed by atoms with Gasteiger partial charge in [0.1, 0.15) is 5.00 Å². The van der Waals surface area contributed by atoms with Crippen LogP contribution in [0.4, 0.5) is 5.00 Å². The SMILES string of the molecule is CCCOC(=O)c1c(NC(=O)C2CCCCC2)sc2c1CCCCC2. The van der Waals surface area contributed by atoms with Crippen LogP contribution in [0.25, 0.3) is 0 Å². The van der Waals surface area contributed by atoms with Crippen LogP contribution in [-0.2, 0) is 22.4 Å². The Morgan fingerprint density at radius 3 is 2.56 bits per heavy atom. The van der Waals surface area contributed by atoms with E-state index in [1.54, 1.807) is 11.3 Å². The molecule has 1 N–H and O–H groups in total. The van der Waals surface area contributed by atoms with Crippen LogP contribution in [0.5, 0.6) is 0 Å². The van der Waals surface area contributed by atoms with Crippen molar-refractivity contribution in [2.24, 2.45) is 5.92 Å². The van der Waals surface area contributed by atoms with E-state index in [1.807, 2.05) is 6.92 Å². The summed E-state index contributed by atoms with van der Waals surface area (Å²) in [6.07, 6.45) is 11.6. The number of esters is 1. The van der Waals surface area contributed by atoms with E-state index in [2.05, 4.69) is 5.32 Å². The van der Waals surface area contributed by atoms with Gasteiger partial charge in [-0.15, -0.1) is 11.3 Å². The number of amides is 1. The van der Waals surface area contributed by atoms with E-state index in [4.69, 9.17) is 4.74 Å². The van der Waals surface area contributed by atoms with Crippen LogP contribution in [0.1, 0.15) is 85.5 Å². The molecule has 5 heteroatoms. The number of ether oxygens (including phenoxy) is 1. The number of carbonyl (C=O) groups is 2. The lowest BCUT2D eigenvalue weighted by atomic mass is 9.88. The molecule has 0 unspecified atom stereocenters. The van der Waals surface area contributed by atoms with Crippen molar-refractivity contribution in [2.45, 2.75) is 77.6 Å². The Hall–Kier alpha value is -1.36. The molecule has 0 bridgehead atoms. The molecule has 1 amide bonds. The van der Waals surface area contributed by atoms with E-state index < -0.39 is 0 Å². The Morgan fingerprint density at radius 2 is 1.80 bits per heavy atom. The van der Waals surface area contributed by atoms with Gasteiger partial charge in [0.25, 0.3) is 0 Å². The second kappa shape index (κ2) is 8.84. The second-order valence-corrected chi connectivity index (χ2v) is 8.33. The maximum Gasteiger partial charge on any atom is 0.341 e. The largest absolute Gasteiger partial charge is 0.462 e. The number of aryl methyl sites for hydroxylation is 1. The third-order valence-corrected chi connectivity index (χ3v) is 6.48. The Kier molecular flexibility index (Phi) is 6.51. The number of carbonyl (C=O) groups excluding carboxylic acids is 2. The lowest BCUT2D eigenvalue weighted by Gasteiger charge is -2.20. The number of hydrogen-bond donors (Lipinski definition) is 1. The van der Waals surface area contributed by atoms with Gasteiger partial charge in [-0.1, -0.05) is 32.6 Å². The molecule has 2 aliphatic rings. The zero-order valence-corrected chi connectivity index (χ0v) is 16.0. The molecule has 4 nitrogen and oxygen atoms in total. The van der Waals surface area contributed by atoms with E-state index in [0.717, 1.165) is 68.4 Å². The van der Waals surface area contributed by atoms with Crippen molar-refractivity contribution in [1.29, 1.82) is 0 Å². The average Bonchev–Trinajstić information content (AvgIpc) is 2.81. The van der Waals surface area contributed by atoms with Gasteiger partial charge in [0.15, 0.2) is 0 Å². The highest BCUT2D eigenvalue weighted by Crippen LogP contribution is 2.38. The van der Waals surface area contributed by atoms with Crippen molar-refractivity contribution < 1.29 is 14.3 Å². The van der Waals surface area contributed by atoms with Gasteiger partial charge >= 0.3 is 5.97 Å². The highest BCUT2D eigenvalue weighted by atomic mass is 32.1. The first-order valence-electron chi connectivity index (χ1n) is 9.83. The van der Waals surface area contributed by atoms with Gasteiger partial charge in [0.05, 0.1) is 12.2 Å². The van der Waals surface area contributed by atoms with Crippen molar-refractivity contribution >= 4 is 28.2 Å². The van der Waals surface area contributed by atoms with Gasteiger partial charge in [-0.25, -0.2) is 4.79 Å². The monoisotopic (exact) mass is 363 g/mol. The third kappa shape index (κ3) is 4.43. The lowest BCUT2D eigenvalue weighted by Crippen LogP contribution is -2.25. The smallest absolute Gasteiger partial charge is 0.341 e. The first kappa shape index (κ1) is 18.4. The van der Waals surface area contributed by atoms with Crippen molar-refractivity contribution in [2.75, 3.05) is 11.9 Å². The number of fused-ring (bicyclic) bond motifs is 1. The molecular formula is C20H29NO3S. The Balaban J connectivity index is 1.83. The van der Waals surface area contributed by atoms with Gasteiger partial charge in [-0.05, 0) is 50.5 Å². The van der Waals surface area contributed by atoms with Crippen LogP contribution in [0.3, 0.4) is 0 Å². The minimum absolute atomic E-state index is 0.0839. The second-order valence-electron chi connectivity index (χ2n) is 7.23. The van der Waals surface area contributed by atoms with Gasteiger partial charge in [-0.2, -0.15) is 0 Å². The predicted molar refractivity (Wildman–Crippen MR) is 101 cm³/mol. The molecular weight excluding hydrogens is 334 g/mol. The first-order valence-corrected chi connectivity index (χ1v) is 10.6. The summed E-state index contributed by atoms with van der Waals surface area (Å²) in [7, 11) is 0. The molecule has 3 rings (SSSR count). The standard InChI is InChI=1S/C20H29NO3S/c1-2-13-24-20(23)17-15-11-7-4-8-12-16(15)25-19(17)21-18(22)14-9-5-3-6-10-14/h14H,2-13H2,1H3,(H,21,22). The summed E-state index contributed by atoms with van der Waals surface area (Å²) in [5.74, 6) is -0.0870. The summed E-state index contributed by atoms with van der Waals surface area (Å²) in [5.41, 5.74) is 1.77. The molecule has 138 valence electrons. The van der Waals surface area contributed by atoms with E-state index in [9.17, 15) is 9.59 Å². The summed E-state index contributed by atoms with van der Waals surface area (Å²) >= 11 is 1.60. The Bertz CT molecular complexity index is 617. The number of hydrogen-bond acceptors (Lipinski definition) is 4. The van der Waals surface area contributed by atoms with Crippen LogP contribution < -0.4 is 5.32 Å². The molecule has 0 aromatic carbocycles. The van der Waals surface area contributed by atoms with Gasteiger partial charge in [0, 0.05) is 10.8 Å². The topological polar surface area (TPSA) is 55.4 Å². The van der Waals surface area contributed by atoms with Crippen LogP contribution in [0.2, 0.25) is 0 Å². The number of thiophene rings is 1.